The first-order chi connectivity index (χ1) is 12.4. The van der Waals surface area contributed by atoms with Crippen LogP contribution in [0.25, 0.3) is 0 Å². The van der Waals surface area contributed by atoms with Gasteiger partial charge in [-0.25, -0.2) is 13.1 Å². The van der Waals surface area contributed by atoms with Gasteiger partial charge < -0.3 is 9.64 Å². The van der Waals surface area contributed by atoms with E-state index in [9.17, 15) is 18.0 Å². The van der Waals surface area contributed by atoms with Crippen LogP contribution in [-0.2, 0) is 19.6 Å². The maximum absolute atomic E-state index is 12.7. The van der Waals surface area contributed by atoms with Gasteiger partial charge in [-0.15, -0.1) is 0 Å². The average Bonchev–Trinajstić information content (AvgIpc) is 2.52. The Kier molecular flexibility index (Phi) is 7.98. The lowest BCUT2D eigenvalue weighted by Crippen LogP contribution is -2.30. The number of aryl methyl sites for hydroxylation is 1. The summed E-state index contributed by atoms with van der Waals surface area (Å²) in [6.45, 7) is 9.49. The Morgan fingerprint density at radius 2 is 1.85 bits per heavy atom. The first-order valence-corrected chi connectivity index (χ1v) is 10.4. The fraction of sp³-hybridized carbons (Fsp3) is 0.579. The fourth-order valence-corrected chi connectivity index (χ4v) is 3.50. The van der Waals surface area contributed by atoms with E-state index < -0.39 is 15.6 Å². The second-order valence-corrected chi connectivity index (χ2v) is 9.16. The third-order valence-corrected chi connectivity index (χ3v) is 5.27. The SMILES string of the molecule is CCNS(=O)(=O)c1ccc(C)c(C(=O)N(C)CCCC(=O)OC(C)(C)C)c1. The second-order valence-electron chi connectivity index (χ2n) is 7.39. The summed E-state index contributed by atoms with van der Waals surface area (Å²) in [5, 5.41) is 0. The number of carbonyl (C=O) groups excluding carboxylic acids is 2. The van der Waals surface area contributed by atoms with Gasteiger partial charge in [-0.3, -0.25) is 9.59 Å². The third kappa shape index (κ3) is 7.30. The monoisotopic (exact) mass is 398 g/mol. The molecule has 0 heterocycles. The van der Waals surface area contributed by atoms with Crippen molar-refractivity contribution < 1.29 is 22.7 Å². The number of nitrogens with zero attached hydrogens (tertiary/aromatic N) is 1. The molecule has 152 valence electrons. The van der Waals surface area contributed by atoms with Gasteiger partial charge in [-0.05, 0) is 51.8 Å². The fourth-order valence-electron chi connectivity index (χ4n) is 2.43. The molecule has 7 nitrogen and oxygen atoms in total. The van der Waals surface area contributed by atoms with Gasteiger partial charge in [0, 0.05) is 32.1 Å². The zero-order valence-corrected chi connectivity index (χ0v) is 17.8. The van der Waals surface area contributed by atoms with Crippen molar-refractivity contribution in [3.05, 3.63) is 29.3 Å². The summed E-state index contributed by atoms with van der Waals surface area (Å²) in [7, 11) is -2.01. The molecule has 1 N–H and O–H groups in total. The summed E-state index contributed by atoms with van der Waals surface area (Å²) in [5.41, 5.74) is 0.483. The van der Waals surface area contributed by atoms with E-state index in [4.69, 9.17) is 4.74 Å². The molecule has 1 aromatic carbocycles. The summed E-state index contributed by atoms with van der Waals surface area (Å²) in [5.74, 6) is -0.594. The Morgan fingerprint density at radius 1 is 1.22 bits per heavy atom. The molecule has 0 bridgehead atoms. The van der Waals surface area contributed by atoms with Crippen molar-refractivity contribution in [2.24, 2.45) is 0 Å². The lowest BCUT2D eigenvalue weighted by atomic mass is 10.1. The zero-order chi connectivity index (χ0) is 20.8. The van der Waals surface area contributed by atoms with Gasteiger partial charge in [0.2, 0.25) is 10.0 Å². The number of rotatable bonds is 8. The van der Waals surface area contributed by atoms with E-state index in [-0.39, 0.29) is 29.7 Å². The van der Waals surface area contributed by atoms with Gasteiger partial charge >= 0.3 is 5.97 Å². The molecule has 27 heavy (non-hydrogen) atoms. The predicted octanol–water partition coefficient (Wildman–Crippen LogP) is 2.49. The maximum Gasteiger partial charge on any atom is 0.306 e. The Bertz CT molecular complexity index is 782. The van der Waals surface area contributed by atoms with Crippen LogP contribution in [0.4, 0.5) is 0 Å². The van der Waals surface area contributed by atoms with Gasteiger partial charge in [0.1, 0.15) is 5.60 Å². The van der Waals surface area contributed by atoms with Crippen molar-refractivity contribution in [3.63, 3.8) is 0 Å². The molecule has 0 spiro atoms. The molecular weight excluding hydrogens is 368 g/mol. The van der Waals surface area contributed by atoms with Gasteiger partial charge in [0.25, 0.3) is 5.91 Å². The quantitative estimate of drug-likeness (QED) is 0.679. The summed E-state index contributed by atoms with van der Waals surface area (Å²) < 4.78 is 32.0. The van der Waals surface area contributed by atoms with E-state index in [1.54, 1.807) is 47.7 Å². The van der Waals surface area contributed by atoms with Crippen LogP contribution in [0, 0.1) is 6.92 Å². The lowest BCUT2D eigenvalue weighted by molar-refractivity contribution is -0.154. The molecule has 1 aromatic rings. The van der Waals surface area contributed by atoms with Crippen molar-refractivity contribution in [3.8, 4) is 0 Å². The normalized spacial score (nSPS) is 11.9. The number of esters is 1. The van der Waals surface area contributed by atoms with Crippen molar-refractivity contribution in [1.82, 2.24) is 9.62 Å². The standard InChI is InChI=1S/C19H30N2O5S/c1-7-20-27(24,25)15-11-10-14(2)16(13-15)18(23)21(6)12-8-9-17(22)26-19(3,4)5/h10-11,13,20H,7-9,12H2,1-6H3. The average molecular weight is 399 g/mol. The second kappa shape index (κ2) is 9.32. The van der Waals surface area contributed by atoms with Crippen molar-refractivity contribution in [2.45, 2.75) is 58.0 Å². The van der Waals surface area contributed by atoms with Crippen LogP contribution in [0.1, 0.15) is 56.5 Å². The van der Waals surface area contributed by atoms with E-state index in [0.717, 1.165) is 0 Å². The molecule has 0 aliphatic carbocycles. The van der Waals surface area contributed by atoms with Crippen LogP contribution in [0.5, 0.6) is 0 Å². The summed E-state index contributed by atoms with van der Waals surface area (Å²) in [6.07, 6.45) is 0.675. The van der Waals surface area contributed by atoms with E-state index in [1.165, 1.54) is 17.0 Å². The van der Waals surface area contributed by atoms with Crippen LogP contribution in [0.15, 0.2) is 23.1 Å². The molecule has 0 radical (unpaired) electrons. The highest BCUT2D eigenvalue weighted by atomic mass is 32.2. The summed E-state index contributed by atoms with van der Waals surface area (Å²) in [6, 6.07) is 4.48. The van der Waals surface area contributed by atoms with Gasteiger partial charge in [0.05, 0.1) is 4.90 Å². The largest absolute Gasteiger partial charge is 0.460 e. The Morgan fingerprint density at radius 3 is 2.41 bits per heavy atom. The molecule has 0 saturated carbocycles. The molecule has 0 aromatic heterocycles. The molecule has 0 aliphatic heterocycles. The van der Waals surface area contributed by atoms with Gasteiger partial charge in [-0.1, -0.05) is 13.0 Å². The van der Waals surface area contributed by atoms with E-state index >= 15 is 0 Å². The smallest absolute Gasteiger partial charge is 0.306 e. The first-order valence-electron chi connectivity index (χ1n) is 8.95. The van der Waals surface area contributed by atoms with Crippen LogP contribution in [-0.4, -0.2) is 50.9 Å². The number of ether oxygens (including phenoxy) is 1. The van der Waals surface area contributed by atoms with E-state index in [0.29, 0.717) is 24.1 Å². The molecular formula is C19H30N2O5S. The number of hydrogen-bond donors (Lipinski definition) is 1. The minimum atomic E-state index is -3.64. The Labute approximate surface area is 162 Å². The molecule has 1 rings (SSSR count). The Hall–Kier alpha value is -1.93. The highest BCUT2D eigenvalue weighted by Crippen LogP contribution is 2.17. The topological polar surface area (TPSA) is 92.8 Å². The molecule has 1 amide bonds. The molecule has 0 aliphatic rings. The minimum absolute atomic E-state index is 0.0560. The third-order valence-electron chi connectivity index (χ3n) is 3.73. The number of amides is 1. The van der Waals surface area contributed by atoms with E-state index in [1.807, 2.05) is 0 Å². The highest BCUT2D eigenvalue weighted by Gasteiger charge is 2.20. The van der Waals surface area contributed by atoms with Crippen molar-refractivity contribution in [2.75, 3.05) is 20.1 Å². The zero-order valence-electron chi connectivity index (χ0n) is 17.0. The predicted molar refractivity (Wildman–Crippen MR) is 104 cm³/mol. The number of nitrogens with one attached hydrogen (secondary N) is 1. The number of benzene rings is 1. The summed E-state index contributed by atoms with van der Waals surface area (Å²) in [4.78, 5) is 26.0. The van der Waals surface area contributed by atoms with Crippen LogP contribution in [0.2, 0.25) is 0 Å². The van der Waals surface area contributed by atoms with E-state index in [2.05, 4.69) is 4.72 Å². The molecule has 0 fully saturated rings. The minimum Gasteiger partial charge on any atom is -0.460 e. The van der Waals surface area contributed by atoms with Crippen molar-refractivity contribution in [1.29, 1.82) is 0 Å². The molecule has 0 atom stereocenters. The Balaban J connectivity index is 2.79. The lowest BCUT2D eigenvalue weighted by Gasteiger charge is -2.21. The summed E-state index contributed by atoms with van der Waals surface area (Å²) >= 11 is 0. The number of hydrogen-bond acceptors (Lipinski definition) is 5. The van der Waals surface area contributed by atoms with Gasteiger partial charge in [0.15, 0.2) is 0 Å². The van der Waals surface area contributed by atoms with Gasteiger partial charge in [-0.2, -0.15) is 0 Å². The number of sulfonamides is 1. The number of carbonyl (C=O) groups is 2. The van der Waals surface area contributed by atoms with Crippen LogP contribution in [0.3, 0.4) is 0 Å². The first kappa shape index (κ1) is 23.1. The maximum atomic E-state index is 12.7. The van der Waals surface area contributed by atoms with Crippen molar-refractivity contribution >= 4 is 21.9 Å². The molecule has 0 unspecified atom stereocenters. The van der Waals surface area contributed by atoms with Crippen LogP contribution >= 0.6 is 0 Å². The highest BCUT2D eigenvalue weighted by molar-refractivity contribution is 7.89. The van der Waals surface area contributed by atoms with Crippen LogP contribution < -0.4 is 4.72 Å². The molecule has 8 heteroatoms. The molecule has 0 saturated heterocycles.